The largest absolute Gasteiger partial charge is 0.456 e. The zero-order valence-corrected chi connectivity index (χ0v) is 15.5. The molecule has 0 spiro atoms. The fourth-order valence-corrected chi connectivity index (χ4v) is 2.94. The standard InChI is InChI=1S/C20H18ClFN2O3/c1-2-3-11-24-19(25)14-8-5-4-7-13(14)18(23-24)20(26)27-12-15-16(21)9-6-10-17(15)22/h4-10H,2-3,11-12H2,1H3. The van der Waals surface area contributed by atoms with Gasteiger partial charge in [0, 0.05) is 17.5 Å². The van der Waals surface area contributed by atoms with Crippen LogP contribution >= 0.6 is 11.6 Å². The third kappa shape index (κ3) is 4.01. The first kappa shape index (κ1) is 19.0. The summed E-state index contributed by atoms with van der Waals surface area (Å²) in [7, 11) is 0. The van der Waals surface area contributed by atoms with Gasteiger partial charge in [-0.3, -0.25) is 4.79 Å². The van der Waals surface area contributed by atoms with Crippen molar-refractivity contribution in [1.29, 1.82) is 0 Å². The van der Waals surface area contributed by atoms with E-state index >= 15 is 0 Å². The van der Waals surface area contributed by atoms with Gasteiger partial charge >= 0.3 is 5.97 Å². The van der Waals surface area contributed by atoms with Crippen LogP contribution in [0.3, 0.4) is 0 Å². The van der Waals surface area contributed by atoms with Crippen molar-refractivity contribution < 1.29 is 13.9 Å². The summed E-state index contributed by atoms with van der Waals surface area (Å²) in [6.07, 6.45) is 1.64. The second kappa shape index (κ2) is 8.31. The lowest BCUT2D eigenvalue weighted by Gasteiger charge is -2.11. The summed E-state index contributed by atoms with van der Waals surface area (Å²) < 4.78 is 20.4. The molecule has 0 bridgehead atoms. The molecule has 0 amide bonds. The van der Waals surface area contributed by atoms with Gasteiger partial charge in [0.1, 0.15) is 12.4 Å². The van der Waals surface area contributed by atoms with E-state index in [4.69, 9.17) is 16.3 Å². The van der Waals surface area contributed by atoms with E-state index in [1.807, 2.05) is 6.92 Å². The van der Waals surface area contributed by atoms with Crippen LogP contribution in [0.25, 0.3) is 10.8 Å². The average molecular weight is 389 g/mol. The Kier molecular flexibility index (Phi) is 5.86. The maximum Gasteiger partial charge on any atom is 0.359 e. The first-order chi connectivity index (χ1) is 13.0. The number of carbonyl (C=O) groups excluding carboxylic acids is 1. The van der Waals surface area contributed by atoms with E-state index in [0.717, 1.165) is 12.8 Å². The quantitative estimate of drug-likeness (QED) is 0.589. The number of unbranched alkanes of at least 4 members (excludes halogenated alkanes) is 1. The Morgan fingerprint density at radius 1 is 1.19 bits per heavy atom. The number of benzene rings is 2. The van der Waals surface area contributed by atoms with Crippen molar-refractivity contribution in [2.24, 2.45) is 0 Å². The second-order valence-electron chi connectivity index (χ2n) is 6.05. The van der Waals surface area contributed by atoms with E-state index in [-0.39, 0.29) is 28.4 Å². The Morgan fingerprint density at radius 3 is 2.63 bits per heavy atom. The van der Waals surface area contributed by atoms with Crippen LogP contribution in [0, 0.1) is 5.82 Å². The number of nitrogens with zero attached hydrogens (tertiary/aromatic N) is 2. The molecule has 0 saturated heterocycles. The van der Waals surface area contributed by atoms with Gasteiger partial charge < -0.3 is 4.74 Å². The van der Waals surface area contributed by atoms with Crippen LogP contribution < -0.4 is 5.56 Å². The number of hydrogen-bond donors (Lipinski definition) is 0. The molecule has 0 N–H and O–H groups in total. The molecule has 5 nitrogen and oxygen atoms in total. The maximum atomic E-state index is 13.9. The molecule has 140 valence electrons. The summed E-state index contributed by atoms with van der Waals surface area (Å²) in [5.74, 6) is -1.29. The molecule has 0 saturated carbocycles. The van der Waals surface area contributed by atoms with Crippen molar-refractivity contribution in [3.63, 3.8) is 0 Å². The molecule has 1 aromatic heterocycles. The monoisotopic (exact) mass is 388 g/mol. The van der Waals surface area contributed by atoms with Crippen molar-refractivity contribution in [2.75, 3.05) is 0 Å². The van der Waals surface area contributed by atoms with Gasteiger partial charge in [-0.1, -0.05) is 49.2 Å². The summed E-state index contributed by atoms with van der Waals surface area (Å²) >= 11 is 5.96. The Morgan fingerprint density at radius 2 is 1.93 bits per heavy atom. The van der Waals surface area contributed by atoms with Gasteiger partial charge in [-0.15, -0.1) is 0 Å². The van der Waals surface area contributed by atoms with Crippen LogP contribution in [0.5, 0.6) is 0 Å². The highest BCUT2D eigenvalue weighted by Gasteiger charge is 2.19. The summed E-state index contributed by atoms with van der Waals surface area (Å²) in [5.41, 5.74) is -0.141. The summed E-state index contributed by atoms with van der Waals surface area (Å²) in [4.78, 5) is 25.2. The van der Waals surface area contributed by atoms with Gasteiger partial charge in [-0.25, -0.2) is 13.9 Å². The smallest absolute Gasteiger partial charge is 0.359 e. The number of ether oxygens (including phenoxy) is 1. The van der Waals surface area contributed by atoms with E-state index in [9.17, 15) is 14.0 Å². The van der Waals surface area contributed by atoms with Crippen molar-refractivity contribution in [3.05, 3.63) is 74.9 Å². The molecule has 0 aliphatic heterocycles. The van der Waals surface area contributed by atoms with Crippen molar-refractivity contribution in [1.82, 2.24) is 9.78 Å². The Bertz CT molecular complexity index is 1030. The Balaban J connectivity index is 1.96. The molecule has 0 aliphatic rings. The molecular formula is C20H18ClFN2O3. The molecule has 0 aliphatic carbocycles. The van der Waals surface area contributed by atoms with Crippen molar-refractivity contribution >= 4 is 28.3 Å². The number of fused-ring (bicyclic) bond motifs is 1. The molecule has 1 heterocycles. The highest BCUT2D eigenvalue weighted by atomic mass is 35.5. The van der Waals surface area contributed by atoms with E-state index in [1.165, 1.54) is 22.9 Å². The minimum absolute atomic E-state index is 0.0220. The highest BCUT2D eigenvalue weighted by Crippen LogP contribution is 2.21. The predicted molar refractivity (Wildman–Crippen MR) is 101 cm³/mol. The van der Waals surface area contributed by atoms with Crippen LogP contribution in [0.15, 0.2) is 47.3 Å². The van der Waals surface area contributed by atoms with Crippen molar-refractivity contribution in [3.8, 4) is 0 Å². The number of halogens is 2. The molecule has 2 aromatic carbocycles. The number of aromatic nitrogens is 2. The Labute approximate surface area is 160 Å². The molecule has 0 atom stereocenters. The second-order valence-corrected chi connectivity index (χ2v) is 6.46. The third-order valence-electron chi connectivity index (χ3n) is 4.19. The van der Waals surface area contributed by atoms with E-state index < -0.39 is 11.8 Å². The summed E-state index contributed by atoms with van der Waals surface area (Å²) in [5, 5.41) is 5.16. The van der Waals surface area contributed by atoms with Gasteiger partial charge in [-0.05, 0) is 24.6 Å². The first-order valence-corrected chi connectivity index (χ1v) is 9.00. The fraction of sp³-hybridized carbons (Fsp3) is 0.250. The van der Waals surface area contributed by atoms with Gasteiger partial charge in [0.2, 0.25) is 0 Å². The highest BCUT2D eigenvalue weighted by molar-refractivity contribution is 6.31. The van der Waals surface area contributed by atoms with Crippen LogP contribution in [0.2, 0.25) is 5.02 Å². The van der Waals surface area contributed by atoms with E-state index in [2.05, 4.69) is 5.10 Å². The van der Waals surface area contributed by atoms with E-state index in [0.29, 0.717) is 17.3 Å². The third-order valence-corrected chi connectivity index (χ3v) is 4.55. The minimum Gasteiger partial charge on any atom is -0.456 e. The number of hydrogen-bond acceptors (Lipinski definition) is 4. The molecule has 7 heteroatoms. The average Bonchev–Trinajstić information content (AvgIpc) is 2.67. The number of carbonyl (C=O) groups is 1. The number of rotatable bonds is 6. The molecule has 3 rings (SSSR count). The predicted octanol–water partition coefficient (Wildman–Crippen LogP) is 4.35. The molecule has 0 radical (unpaired) electrons. The Hall–Kier alpha value is -2.73. The summed E-state index contributed by atoms with van der Waals surface area (Å²) in [6, 6.07) is 11.0. The zero-order valence-electron chi connectivity index (χ0n) is 14.7. The first-order valence-electron chi connectivity index (χ1n) is 8.62. The van der Waals surface area contributed by atoms with Crippen LogP contribution in [0.1, 0.15) is 35.8 Å². The zero-order chi connectivity index (χ0) is 19.4. The molecule has 3 aromatic rings. The van der Waals surface area contributed by atoms with Crippen LogP contribution in [-0.4, -0.2) is 15.7 Å². The lowest BCUT2D eigenvalue weighted by molar-refractivity contribution is 0.0461. The van der Waals surface area contributed by atoms with Gasteiger partial charge in [0.15, 0.2) is 5.69 Å². The molecule has 0 fully saturated rings. The number of esters is 1. The molecule has 27 heavy (non-hydrogen) atoms. The van der Waals surface area contributed by atoms with Crippen LogP contribution in [-0.2, 0) is 17.9 Å². The molecular weight excluding hydrogens is 371 g/mol. The van der Waals surface area contributed by atoms with Crippen molar-refractivity contribution in [2.45, 2.75) is 32.9 Å². The fourth-order valence-electron chi connectivity index (χ4n) is 2.72. The van der Waals surface area contributed by atoms with Crippen LogP contribution in [0.4, 0.5) is 4.39 Å². The molecule has 0 unspecified atom stereocenters. The lowest BCUT2D eigenvalue weighted by Crippen LogP contribution is -2.26. The van der Waals surface area contributed by atoms with Gasteiger partial charge in [-0.2, -0.15) is 5.10 Å². The van der Waals surface area contributed by atoms with E-state index in [1.54, 1.807) is 24.3 Å². The normalized spacial score (nSPS) is 10.9. The lowest BCUT2D eigenvalue weighted by atomic mass is 10.1. The topological polar surface area (TPSA) is 61.2 Å². The maximum absolute atomic E-state index is 13.9. The summed E-state index contributed by atoms with van der Waals surface area (Å²) in [6.45, 7) is 2.08. The number of aryl methyl sites for hydroxylation is 1. The van der Waals surface area contributed by atoms with Gasteiger partial charge in [0.25, 0.3) is 5.56 Å². The van der Waals surface area contributed by atoms with Gasteiger partial charge in [0.05, 0.1) is 10.4 Å². The SMILES string of the molecule is CCCCn1nc(C(=O)OCc2c(F)cccc2Cl)c2ccccc2c1=O. The minimum atomic E-state index is -0.740.